The molecule has 0 aliphatic rings. The number of fused-ring (bicyclic) bond motifs is 1. The van der Waals surface area contributed by atoms with Crippen molar-refractivity contribution in [2.75, 3.05) is 5.32 Å². The summed E-state index contributed by atoms with van der Waals surface area (Å²) in [6.07, 6.45) is 1.73. The summed E-state index contributed by atoms with van der Waals surface area (Å²) in [6, 6.07) is 15.8. The van der Waals surface area contributed by atoms with Gasteiger partial charge in [0.15, 0.2) is 0 Å². The first-order chi connectivity index (χ1) is 9.38. The molecule has 0 aliphatic carbocycles. The van der Waals surface area contributed by atoms with Crippen molar-refractivity contribution in [2.45, 2.75) is 6.54 Å². The fourth-order valence-electron chi connectivity index (χ4n) is 2.12. The van der Waals surface area contributed by atoms with Crippen molar-refractivity contribution in [2.24, 2.45) is 0 Å². The molecule has 0 aliphatic heterocycles. The Balaban J connectivity index is 1.98. The fourth-order valence-corrected chi connectivity index (χ4v) is 2.12. The molecule has 0 spiro atoms. The lowest BCUT2D eigenvalue weighted by Crippen LogP contribution is -2.00. The summed E-state index contributed by atoms with van der Waals surface area (Å²) in [5.74, 6) is 0. The minimum absolute atomic E-state index is 0.676. The number of nitrogens with zero attached hydrogens (tertiary/aromatic N) is 2. The van der Waals surface area contributed by atoms with Gasteiger partial charge < -0.3 is 5.32 Å². The monoisotopic (exact) mass is 248 g/mol. The van der Waals surface area contributed by atoms with Crippen LogP contribution in [0.1, 0.15) is 11.3 Å². The zero-order chi connectivity index (χ0) is 13.1. The van der Waals surface area contributed by atoms with Crippen molar-refractivity contribution in [3.63, 3.8) is 0 Å². The van der Waals surface area contributed by atoms with Gasteiger partial charge in [-0.2, -0.15) is 10.4 Å². The van der Waals surface area contributed by atoms with Gasteiger partial charge in [0.05, 0.1) is 23.9 Å². The van der Waals surface area contributed by atoms with Gasteiger partial charge in [-0.15, -0.1) is 0 Å². The Morgan fingerprint density at radius 1 is 1.11 bits per heavy atom. The number of anilines is 1. The molecule has 0 bridgehead atoms. The smallest absolute Gasteiger partial charge is 0.0998 e. The van der Waals surface area contributed by atoms with Gasteiger partial charge >= 0.3 is 0 Å². The van der Waals surface area contributed by atoms with Gasteiger partial charge in [0.1, 0.15) is 0 Å². The van der Waals surface area contributed by atoms with E-state index < -0.39 is 0 Å². The minimum Gasteiger partial charge on any atom is -0.379 e. The minimum atomic E-state index is 0.676. The van der Waals surface area contributed by atoms with E-state index in [4.69, 9.17) is 5.26 Å². The molecule has 0 radical (unpaired) electrons. The first-order valence-electron chi connectivity index (χ1n) is 6.02. The van der Waals surface area contributed by atoms with Gasteiger partial charge in [0.2, 0.25) is 0 Å². The van der Waals surface area contributed by atoms with Crippen LogP contribution in [0.4, 0.5) is 5.69 Å². The second-order valence-electron chi connectivity index (χ2n) is 4.25. The van der Waals surface area contributed by atoms with E-state index in [0.29, 0.717) is 12.1 Å². The molecule has 0 amide bonds. The van der Waals surface area contributed by atoms with Crippen LogP contribution in [0.2, 0.25) is 0 Å². The van der Waals surface area contributed by atoms with Gasteiger partial charge in [-0.05, 0) is 18.2 Å². The van der Waals surface area contributed by atoms with Crippen molar-refractivity contribution < 1.29 is 0 Å². The van der Waals surface area contributed by atoms with Crippen molar-refractivity contribution in [1.29, 1.82) is 5.26 Å². The molecule has 1 aromatic heterocycles. The molecule has 4 heteroatoms. The Morgan fingerprint density at radius 2 is 1.95 bits per heavy atom. The van der Waals surface area contributed by atoms with Crippen molar-refractivity contribution in [3.05, 3.63) is 59.9 Å². The molecule has 0 fully saturated rings. The second kappa shape index (κ2) is 4.83. The molecule has 0 saturated heterocycles. The average Bonchev–Trinajstić information content (AvgIpc) is 2.98. The third kappa shape index (κ3) is 2.14. The van der Waals surface area contributed by atoms with E-state index in [9.17, 15) is 0 Å². The molecule has 3 aromatic rings. The van der Waals surface area contributed by atoms with Crippen LogP contribution >= 0.6 is 0 Å². The van der Waals surface area contributed by atoms with E-state index in [1.807, 2.05) is 42.5 Å². The number of H-pyrrole nitrogens is 1. The highest BCUT2D eigenvalue weighted by molar-refractivity contribution is 5.97. The molecule has 2 aromatic carbocycles. The Hall–Kier alpha value is -2.80. The Kier molecular flexibility index (Phi) is 2.87. The number of aromatic nitrogens is 2. The normalized spacial score (nSPS) is 10.3. The number of hydrogen-bond donors (Lipinski definition) is 2. The zero-order valence-electron chi connectivity index (χ0n) is 10.2. The highest BCUT2D eigenvalue weighted by Gasteiger charge is 2.05. The quantitative estimate of drug-likeness (QED) is 0.748. The first kappa shape index (κ1) is 11.3. The molecule has 92 valence electrons. The van der Waals surface area contributed by atoms with E-state index in [1.54, 1.807) is 6.20 Å². The number of benzene rings is 2. The van der Waals surface area contributed by atoms with Gasteiger partial charge in [0, 0.05) is 22.7 Å². The summed E-state index contributed by atoms with van der Waals surface area (Å²) in [6.45, 7) is 0.676. The molecular formula is C15H12N4. The summed E-state index contributed by atoms with van der Waals surface area (Å²) in [5.41, 5.74) is 2.74. The summed E-state index contributed by atoms with van der Waals surface area (Å²) in [5, 5.41) is 21.3. The van der Waals surface area contributed by atoms with Gasteiger partial charge in [-0.1, -0.05) is 24.3 Å². The third-order valence-electron chi connectivity index (χ3n) is 3.07. The number of nitrogens with one attached hydrogen (secondary N) is 2. The summed E-state index contributed by atoms with van der Waals surface area (Å²) in [4.78, 5) is 0. The van der Waals surface area contributed by atoms with E-state index in [1.165, 1.54) is 0 Å². The third-order valence-corrected chi connectivity index (χ3v) is 3.07. The van der Waals surface area contributed by atoms with E-state index in [2.05, 4.69) is 21.6 Å². The predicted octanol–water partition coefficient (Wildman–Crippen LogP) is 3.05. The molecule has 1 heterocycles. The molecular weight excluding hydrogens is 236 g/mol. The second-order valence-corrected chi connectivity index (χ2v) is 4.25. The lowest BCUT2D eigenvalue weighted by Gasteiger charge is -2.09. The zero-order valence-corrected chi connectivity index (χ0v) is 10.2. The molecule has 4 nitrogen and oxygen atoms in total. The van der Waals surface area contributed by atoms with Crippen LogP contribution in [0.15, 0.2) is 48.7 Å². The maximum absolute atomic E-state index is 9.12. The van der Waals surface area contributed by atoms with Crippen LogP contribution in [0.5, 0.6) is 0 Å². The predicted molar refractivity (Wildman–Crippen MR) is 74.6 cm³/mol. The summed E-state index contributed by atoms with van der Waals surface area (Å²) >= 11 is 0. The topological polar surface area (TPSA) is 64.5 Å². The van der Waals surface area contributed by atoms with Gasteiger partial charge in [-0.25, -0.2) is 0 Å². The number of aromatic amines is 1. The Labute approximate surface area is 110 Å². The number of nitriles is 1. The molecule has 0 saturated carbocycles. The highest BCUT2D eigenvalue weighted by atomic mass is 15.1. The fraction of sp³-hybridized carbons (Fsp3) is 0.0667. The van der Waals surface area contributed by atoms with Crippen LogP contribution in [-0.4, -0.2) is 10.2 Å². The van der Waals surface area contributed by atoms with Crippen LogP contribution in [0.3, 0.4) is 0 Å². The lowest BCUT2D eigenvalue weighted by atomic mass is 10.0. The number of hydrogen-bond acceptors (Lipinski definition) is 3. The van der Waals surface area contributed by atoms with Crippen LogP contribution < -0.4 is 5.32 Å². The van der Waals surface area contributed by atoms with E-state index in [-0.39, 0.29) is 0 Å². The Morgan fingerprint density at radius 3 is 2.68 bits per heavy atom. The van der Waals surface area contributed by atoms with Crippen molar-refractivity contribution in [1.82, 2.24) is 10.2 Å². The van der Waals surface area contributed by atoms with E-state index >= 15 is 0 Å². The van der Waals surface area contributed by atoms with Crippen molar-refractivity contribution >= 4 is 16.5 Å². The first-order valence-corrected chi connectivity index (χ1v) is 6.02. The SMILES string of the molecule is N#Cc1ccc(NCc2ccn[nH]2)c2ccccc12. The maximum Gasteiger partial charge on any atom is 0.0998 e. The van der Waals surface area contributed by atoms with Gasteiger partial charge in [-0.3, -0.25) is 5.10 Å². The standard InChI is InChI=1S/C15H12N4/c16-9-11-5-6-15(14-4-2-1-3-13(11)14)17-10-12-7-8-18-19-12/h1-8,17H,10H2,(H,18,19). The molecule has 0 atom stereocenters. The average molecular weight is 248 g/mol. The molecule has 2 N–H and O–H groups in total. The molecule has 3 rings (SSSR count). The highest BCUT2D eigenvalue weighted by Crippen LogP contribution is 2.26. The largest absolute Gasteiger partial charge is 0.379 e. The van der Waals surface area contributed by atoms with Crippen LogP contribution in [0, 0.1) is 11.3 Å². The maximum atomic E-state index is 9.12. The Bertz CT molecular complexity index is 738. The molecule has 0 unspecified atom stereocenters. The number of rotatable bonds is 3. The van der Waals surface area contributed by atoms with Crippen LogP contribution in [-0.2, 0) is 6.54 Å². The van der Waals surface area contributed by atoms with E-state index in [0.717, 1.165) is 22.2 Å². The lowest BCUT2D eigenvalue weighted by molar-refractivity contribution is 0.983. The molecule has 19 heavy (non-hydrogen) atoms. The summed E-state index contributed by atoms with van der Waals surface area (Å²) in [7, 11) is 0. The van der Waals surface area contributed by atoms with Crippen LogP contribution in [0.25, 0.3) is 10.8 Å². The van der Waals surface area contributed by atoms with Crippen molar-refractivity contribution in [3.8, 4) is 6.07 Å². The van der Waals surface area contributed by atoms with Gasteiger partial charge in [0.25, 0.3) is 0 Å². The summed E-state index contributed by atoms with van der Waals surface area (Å²) < 4.78 is 0.